The van der Waals surface area contributed by atoms with E-state index in [1.54, 1.807) is 0 Å². The molecule has 250 valence electrons. The minimum absolute atomic E-state index is 0.0204. The maximum Gasteiger partial charge on any atom is 0.573 e. The highest BCUT2D eigenvalue weighted by Crippen LogP contribution is 2.46. The van der Waals surface area contributed by atoms with Gasteiger partial charge >= 0.3 is 12.5 Å². The molecule has 2 aliphatic carbocycles. The molecule has 2 saturated carbocycles. The standard InChI is InChI=1S/C37H41F7O2/c1-2-3-4-5-24-6-20-32(33(38)22-24)36(40,41)45-31-18-15-28(16-19-31)27-9-7-25(8-10-27)26-11-13-29(14-12-26)30-17-21-35(34(39)23-30)46-37(42,43)44/h6,15-23,25-27,29H,2-5,7-14H2,1H3. The summed E-state index contributed by atoms with van der Waals surface area (Å²) in [6.07, 6.45) is 2.62. The van der Waals surface area contributed by atoms with E-state index in [9.17, 15) is 30.7 Å². The molecule has 0 radical (unpaired) electrons. The van der Waals surface area contributed by atoms with Crippen LogP contribution < -0.4 is 9.47 Å². The Hall–Kier alpha value is -3.23. The Bertz CT molecular complexity index is 1420. The van der Waals surface area contributed by atoms with E-state index in [-0.39, 0.29) is 11.7 Å². The molecule has 2 aliphatic rings. The van der Waals surface area contributed by atoms with Gasteiger partial charge in [0.2, 0.25) is 0 Å². The topological polar surface area (TPSA) is 18.5 Å². The van der Waals surface area contributed by atoms with Crippen molar-refractivity contribution in [2.45, 2.75) is 108 Å². The summed E-state index contributed by atoms with van der Waals surface area (Å²) in [4.78, 5) is 0. The van der Waals surface area contributed by atoms with Gasteiger partial charge in [-0.25, -0.2) is 8.78 Å². The minimum atomic E-state index is -4.93. The highest BCUT2D eigenvalue weighted by Gasteiger charge is 2.38. The van der Waals surface area contributed by atoms with Crippen LogP contribution in [0.25, 0.3) is 0 Å². The summed E-state index contributed by atoms with van der Waals surface area (Å²) < 4.78 is 105. The summed E-state index contributed by atoms with van der Waals surface area (Å²) in [5, 5.41) is 0. The van der Waals surface area contributed by atoms with Crippen LogP contribution in [0, 0.1) is 23.5 Å². The molecule has 0 unspecified atom stereocenters. The first-order valence-corrected chi connectivity index (χ1v) is 16.4. The van der Waals surface area contributed by atoms with Gasteiger partial charge in [-0.05, 0) is 141 Å². The second-order valence-corrected chi connectivity index (χ2v) is 12.9. The van der Waals surface area contributed by atoms with Crippen LogP contribution in [-0.2, 0) is 12.5 Å². The third kappa shape index (κ3) is 8.77. The predicted molar refractivity (Wildman–Crippen MR) is 163 cm³/mol. The van der Waals surface area contributed by atoms with Gasteiger partial charge in [0.1, 0.15) is 11.6 Å². The third-order valence-electron chi connectivity index (χ3n) is 9.88. The molecule has 0 bridgehead atoms. The first-order chi connectivity index (χ1) is 21.9. The molecular weight excluding hydrogens is 609 g/mol. The maximum atomic E-state index is 14.9. The molecule has 2 fully saturated rings. The van der Waals surface area contributed by atoms with Crippen LogP contribution in [0.5, 0.6) is 11.5 Å². The largest absolute Gasteiger partial charge is 0.573 e. The van der Waals surface area contributed by atoms with E-state index in [2.05, 4.69) is 11.7 Å². The summed E-state index contributed by atoms with van der Waals surface area (Å²) in [6.45, 7) is 2.07. The van der Waals surface area contributed by atoms with Crippen LogP contribution in [0.15, 0.2) is 60.7 Å². The number of benzene rings is 3. The second kappa shape index (κ2) is 14.7. The van der Waals surface area contributed by atoms with Crippen molar-refractivity contribution >= 4 is 0 Å². The molecule has 46 heavy (non-hydrogen) atoms. The summed E-state index contributed by atoms with van der Waals surface area (Å²) >= 11 is 0. The van der Waals surface area contributed by atoms with Gasteiger partial charge in [-0.1, -0.05) is 44.0 Å². The minimum Gasteiger partial charge on any atom is -0.429 e. The lowest BCUT2D eigenvalue weighted by molar-refractivity contribution is -0.275. The smallest absolute Gasteiger partial charge is 0.429 e. The Morgan fingerprint density at radius 3 is 1.76 bits per heavy atom. The van der Waals surface area contributed by atoms with Gasteiger partial charge in [-0.2, -0.15) is 8.78 Å². The number of hydrogen-bond donors (Lipinski definition) is 0. The Morgan fingerprint density at radius 2 is 1.22 bits per heavy atom. The number of halogens is 7. The van der Waals surface area contributed by atoms with Gasteiger partial charge < -0.3 is 9.47 Å². The zero-order chi connectivity index (χ0) is 32.9. The van der Waals surface area contributed by atoms with E-state index in [1.807, 2.05) is 12.1 Å². The highest BCUT2D eigenvalue weighted by atomic mass is 19.4. The molecule has 0 saturated heterocycles. The van der Waals surface area contributed by atoms with Crippen molar-refractivity contribution < 1.29 is 40.2 Å². The van der Waals surface area contributed by atoms with E-state index >= 15 is 0 Å². The third-order valence-corrected chi connectivity index (χ3v) is 9.88. The Morgan fingerprint density at radius 1 is 0.630 bits per heavy atom. The van der Waals surface area contributed by atoms with Crippen LogP contribution in [0.4, 0.5) is 30.7 Å². The molecule has 0 spiro atoms. The van der Waals surface area contributed by atoms with Gasteiger partial charge in [0.05, 0.1) is 5.56 Å². The van der Waals surface area contributed by atoms with Gasteiger partial charge in [-0.15, -0.1) is 13.2 Å². The van der Waals surface area contributed by atoms with Crippen LogP contribution in [0.2, 0.25) is 0 Å². The van der Waals surface area contributed by atoms with Crippen molar-refractivity contribution in [3.8, 4) is 11.5 Å². The highest BCUT2D eigenvalue weighted by molar-refractivity contribution is 5.33. The van der Waals surface area contributed by atoms with Gasteiger partial charge in [0, 0.05) is 0 Å². The number of aryl methyl sites for hydroxylation is 1. The molecule has 3 aromatic carbocycles. The van der Waals surface area contributed by atoms with Crippen molar-refractivity contribution in [3.05, 3.63) is 94.6 Å². The molecule has 0 heterocycles. The molecule has 0 N–H and O–H groups in total. The molecule has 9 heteroatoms. The Balaban J connectivity index is 1.09. The fraction of sp³-hybridized carbons (Fsp3) is 0.514. The molecule has 0 aromatic heterocycles. The normalized spacial score (nSPS) is 22.4. The summed E-state index contributed by atoms with van der Waals surface area (Å²) in [5.74, 6) is -1.24. The maximum absolute atomic E-state index is 14.9. The molecule has 0 aliphatic heterocycles. The molecule has 5 rings (SSSR count). The fourth-order valence-corrected chi connectivity index (χ4v) is 7.37. The molecule has 2 nitrogen and oxygen atoms in total. The van der Waals surface area contributed by atoms with Crippen LogP contribution in [-0.4, -0.2) is 6.36 Å². The predicted octanol–water partition coefficient (Wildman–Crippen LogP) is 12.0. The van der Waals surface area contributed by atoms with Crippen molar-refractivity contribution in [2.24, 2.45) is 11.8 Å². The van der Waals surface area contributed by atoms with Gasteiger partial charge in [0.15, 0.2) is 11.6 Å². The Labute approximate surface area is 266 Å². The van der Waals surface area contributed by atoms with E-state index in [0.717, 1.165) is 88.3 Å². The van der Waals surface area contributed by atoms with E-state index in [4.69, 9.17) is 4.74 Å². The monoisotopic (exact) mass is 650 g/mol. The summed E-state index contributed by atoms with van der Waals surface area (Å²) in [6, 6.07) is 14.3. The van der Waals surface area contributed by atoms with E-state index in [1.165, 1.54) is 36.4 Å². The lowest BCUT2D eigenvalue weighted by Gasteiger charge is -2.38. The fourth-order valence-electron chi connectivity index (χ4n) is 7.37. The molecule has 3 aromatic rings. The number of alkyl halides is 5. The number of ether oxygens (including phenoxy) is 2. The first kappa shape index (κ1) is 34.1. The number of rotatable bonds is 11. The number of hydrogen-bond acceptors (Lipinski definition) is 2. The first-order valence-electron chi connectivity index (χ1n) is 16.4. The van der Waals surface area contributed by atoms with Crippen LogP contribution in [0.3, 0.4) is 0 Å². The van der Waals surface area contributed by atoms with Crippen LogP contribution >= 0.6 is 0 Å². The van der Waals surface area contributed by atoms with Crippen molar-refractivity contribution in [1.82, 2.24) is 0 Å². The quantitative estimate of drug-likeness (QED) is 0.152. The van der Waals surface area contributed by atoms with E-state index in [0.29, 0.717) is 35.3 Å². The molecule has 0 atom stereocenters. The lowest BCUT2D eigenvalue weighted by atomic mass is 9.67. The summed E-state index contributed by atoms with van der Waals surface area (Å²) in [7, 11) is 0. The average Bonchev–Trinajstić information content (AvgIpc) is 3.02. The second-order valence-electron chi connectivity index (χ2n) is 12.9. The van der Waals surface area contributed by atoms with Crippen molar-refractivity contribution in [1.29, 1.82) is 0 Å². The van der Waals surface area contributed by atoms with E-state index < -0.39 is 35.4 Å². The van der Waals surface area contributed by atoms with Crippen molar-refractivity contribution in [2.75, 3.05) is 0 Å². The molecule has 0 amide bonds. The van der Waals surface area contributed by atoms with Crippen LogP contribution in [0.1, 0.15) is 112 Å². The van der Waals surface area contributed by atoms with Gasteiger partial charge in [-0.3, -0.25) is 0 Å². The number of unbranched alkanes of at least 4 members (excludes halogenated alkanes) is 2. The van der Waals surface area contributed by atoms with Gasteiger partial charge in [0.25, 0.3) is 0 Å². The Kier molecular flexibility index (Phi) is 10.9. The zero-order valence-electron chi connectivity index (χ0n) is 26.0. The van der Waals surface area contributed by atoms with Crippen molar-refractivity contribution in [3.63, 3.8) is 0 Å². The lowest BCUT2D eigenvalue weighted by Crippen LogP contribution is -2.25. The molecular formula is C37H41F7O2. The summed E-state index contributed by atoms with van der Waals surface area (Å²) in [5.41, 5.74) is 1.70. The SMILES string of the molecule is CCCCCc1ccc(C(F)(F)Oc2ccc(C3CCC(C4CCC(c5ccc(OC(F)(F)F)c(F)c5)CC4)CC3)cc2)c(F)c1. The zero-order valence-corrected chi connectivity index (χ0v) is 26.0. The average molecular weight is 651 g/mol.